The van der Waals surface area contributed by atoms with Crippen LogP contribution in [0.1, 0.15) is 40.5 Å². The number of hydrogen-bond acceptors (Lipinski definition) is 4. The number of carboxylic acids is 1. The van der Waals surface area contributed by atoms with Crippen LogP contribution in [0.5, 0.6) is 0 Å². The molecule has 0 bridgehead atoms. The van der Waals surface area contributed by atoms with E-state index >= 15 is 0 Å². The van der Waals surface area contributed by atoms with Crippen molar-refractivity contribution in [3.05, 3.63) is 0 Å². The summed E-state index contributed by atoms with van der Waals surface area (Å²) in [4.78, 5) is 36.8. The van der Waals surface area contributed by atoms with Crippen LogP contribution < -0.4 is 5.32 Å². The monoisotopic (exact) mass is 328 g/mol. The average Bonchev–Trinajstić information content (AvgIpc) is 2.42. The molecule has 3 atom stereocenters. The van der Waals surface area contributed by atoms with Crippen molar-refractivity contribution in [1.82, 2.24) is 10.2 Å². The number of nitrogens with one attached hydrogen (secondary N) is 1. The molecule has 0 aliphatic carbocycles. The van der Waals surface area contributed by atoms with E-state index in [9.17, 15) is 19.5 Å². The molecule has 132 valence electrons. The standard InChI is InChI=1S/C16H28N2O5/c1-10-9-18(15(22)23-16(2,3)4)7-6-11(10)12(14(20)21)8-13(19)17-5/h10-12H,6-9H2,1-5H3,(H,17,19)(H,20,21). The van der Waals surface area contributed by atoms with Gasteiger partial charge in [0.25, 0.3) is 0 Å². The lowest BCUT2D eigenvalue weighted by Gasteiger charge is -2.39. The zero-order chi connectivity index (χ0) is 17.8. The second-order valence-corrected chi connectivity index (χ2v) is 7.18. The number of piperidine rings is 1. The van der Waals surface area contributed by atoms with E-state index in [1.165, 1.54) is 7.05 Å². The Bertz CT molecular complexity index is 458. The molecule has 0 radical (unpaired) electrons. The molecule has 0 saturated carbocycles. The van der Waals surface area contributed by atoms with Gasteiger partial charge in [-0.05, 0) is 39.0 Å². The molecular weight excluding hydrogens is 300 g/mol. The molecule has 0 spiro atoms. The summed E-state index contributed by atoms with van der Waals surface area (Å²) < 4.78 is 5.36. The van der Waals surface area contributed by atoms with Crippen molar-refractivity contribution >= 4 is 18.0 Å². The molecule has 0 aromatic rings. The highest BCUT2D eigenvalue weighted by atomic mass is 16.6. The Morgan fingerprint density at radius 2 is 1.96 bits per heavy atom. The minimum absolute atomic E-state index is 0.0120. The van der Waals surface area contributed by atoms with Gasteiger partial charge in [0.05, 0.1) is 5.92 Å². The van der Waals surface area contributed by atoms with Crippen molar-refractivity contribution in [3.63, 3.8) is 0 Å². The van der Waals surface area contributed by atoms with E-state index in [2.05, 4.69) is 5.32 Å². The van der Waals surface area contributed by atoms with E-state index in [4.69, 9.17) is 4.74 Å². The summed E-state index contributed by atoms with van der Waals surface area (Å²) in [6.45, 7) is 8.24. The van der Waals surface area contributed by atoms with Gasteiger partial charge in [0.2, 0.25) is 5.91 Å². The molecule has 0 aromatic carbocycles. The molecule has 3 unspecified atom stereocenters. The van der Waals surface area contributed by atoms with Gasteiger partial charge in [-0.15, -0.1) is 0 Å². The molecule has 7 heteroatoms. The lowest BCUT2D eigenvalue weighted by atomic mass is 9.76. The lowest BCUT2D eigenvalue weighted by molar-refractivity contribution is -0.147. The molecule has 1 rings (SSSR count). The van der Waals surface area contributed by atoms with Crippen molar-refractivity contribution in [2.45, 2.75) is 46.1 Å². The minimum atomic E-state index is -0.962. The molecule has 1 fully saturated rings. The quantitative estimate of drug-likeness (QED) is 0.819. The maximum Gasteiger partial charge on any atom is 0.410 e. The number of aliphatic carboxylic acids is 1. The topological polar surface area (TPSA) is 95.9 Å². The predicted octanol–water partition coefficient (Wildman–Crippen LogP) is 1.72. The second kappa shape index (κ2) is 7.66. The second-order valence-electron chi connectivity index (χ2n) is 7.18. The number of ether oxygens (including phenoxy) is 1. The summed E-state index contributed by atoms with van der Waals surface area (Å²) >= 11 is 0. The van der Waals surface area contributed by atoms with Crippen LogP contribution in [-0.2, 0) is 14.3 Å². The number of likely N-dealkylation sites (tertiary alicyclic amines) is 1. The minimum Gasteiger partial charge on any atom is -0.481 e. The fraction of sp³-hybridized carbons (Fsp3) is 0.812. The molecule has 1 aliphatic rings. The highest BCUT2D eigenvalue weighted by molar-refractivity contribution is 5.82. The van der Waals surface area contributed by atoms with E-state index in [1.54, 1.807) is 4.90 Å². The number of hydrogen-bond donors (Lipinski definition) is 2. The van der Waals surface area contributed by atoms with Gasteiger partial charge in [-0.1, -0.05) is 6.92 Å². The van der Waals surface area contributed by atoms with Gasteiger partial charge in [-0.3, -0.25) is 9.59 Å². The number of rotatable bonds is 4. The Kier molecular flexibility index (Phi) is 6.41. The van der Waals surface area contributed by atoms with Crippen LogP contribution in [0.4, 0.5) is 4.79 Å². The molecule has 7 nitrogen and oxygen atoms in total. The van der Waals surface area contributed by atoms with Crippen molar-refractivity contribution < 1.29 is 24.2 Å². The van der Waals surface area contributed by atoms with Gasteiger partial charge in [0.15, 0.2) is 0 Å². The summed E-state index contributed by atoms with van der Waals surface area (Å²) in [5.41, 5.74) is -0.556. The molecule has 1 heterocycles. The van der Waals surface area contributed by atoms with Crippen LogP contribution in [-0.4, -0.2) is 53.7 Å². The van der Waals surface area contributed by atoms with E-state index in [0.29, 0.717) is 19.5 Å². The predicted molar refractivity (Wildman–Crippen MR) is 84.9 cm³/mol. The van der Waals surface area contributed by atoms with Crippen molar-refractivity contribution in [1.29, 1.82) is 0 Å². The van der Waals surface area contributed by atoms with Crippen molar-refractivity contribution in [2.24, 2.45) is 17.8 Å². The Labute approximate surface area is 137 Å². The Balaban J connectivity index is 2.71. The van der Waals surface area contributed by atoms with Crippen molar-refractivity contribution in [3.8, 4) is 0 Å². The zero-order valence-electron chi connectivity index (χ0n) is 14.6. The van der Waals surface area contributed by atoms with Gasteiger partial charge in [0.1, 0.15) is 5.60 Å². The first-order valence-corrected chi connectivity index (χ1v) is 7.96. The largest absolute Gasteiger partial charge is 0.481 e. The smallest absolute Gasteiger partial charge is 0.410 e. The summed E-state index contributed by atoms with van der Waals surface area (Å²) in [7, 11) is 1.50. The van der Waals surface area contributed by atoms with Crippen LogP contribution in [0, 0.1) is 17.8 Å². The molecule has 1 aliphatic heterocycles. The molecule has 2 N–H and O–H groups in total. The highest BCUT2D eigenvalue weighted by Gasteiger charge is 2.39. The Morgan fingerprint density at radius 3 is 2.39 bits per heavy atom. The summed E-state index contributed by atoms with van der Waals surface area (Å²) in [6.07, 6.45) is 0.141. The van der Waals surface area contributed by atoms with Crippen molar-refractivity contribution in [2.75, 3.05) is 20.1 Å². The van der Waals surface area contributed by atoms with E-state index in [1.807, 2.05) is 27.7 Å². The first-order valence-electron chi connectivity index (χ1n) is 7.96. The third-order valence-corrected chi connectivity index (χ3v) is 4.14. The first-order chi connectivity index (χ1) is 10.5. The highest BCUT2D eigenvalue weighted by Crippen LogP contribution is 2.32. The normalized spacial score (nSPS) is 23.1. The lowest BCUT2D eigenvalue weighted by Crippen LogP contribution is -2.48. The van der Waals surface area contributed by atoms with Crippen LogP contribution in [0.25, 0.3) is 0 Å². The summed E-state index contributed by atoms with van der Waals surface area (Å²) in [5, 5.41) is 11.9. The fourth-order valence-electron chi connectivity index (χ4n) is 2.98. The molecular formula is C16H28N2O5. The van der Waals surface area contributed by atoms with E-state index in [-0.39, 0.29) is 30.3 Å². The van der Waals surface area contributed by atoms with E-state index in [0.717, 1.165) is 0 Å². The van der Waals surface area contributed by atoms with Gasteiger partial charge in [-0.2, -0.15) is 0 Å². The van der Waals surface area contributed by atoms with Crippen LogP contribution >= 0.6 is 0 Å². The Morgan fingerprint density at radius 1 is 1.35 bits per heavy atom. The maximum absolute atomic E-state index is 12.1. The molecule has 2 amide bonds. The number of carbonyl (C=O) groups excluding carboxylic acids is 2. The summed E-state index contributed by atoms with van der Waals surface area (Å²) in [5.74, 6) is -2.12. The average molecular weight is 328 g/mol. The van der Waals surface area contributed by atoms with Crippen LogP contribution in [0.2, 0.25) is 0 Å². The van der Waals surface area contributed by atoms with Gasteiger partial charge < -0.3 is 20.1 Å². The molecule has 23 heavy (non-hydrogen) atoms. The van der Waals surface area contributed by atoms with Gasteiger partial charge >= 0.3 is 12.1 Å². The number of amides is 2. The third-order valence-electron chi connectivity index (χ3n) is 4.14. The van der Waals surface area contributed by atoms with Crippen LogP contribution in [0.15, 0.2) is 0 Å². The number of nitrogens with zero attached hydrogens (tertiary/aromatic N) is 1. The zero-order valence-corrected chi connectivity index (χ0v) is 14.6. The van der Waals surface area contributed by atoms with E-state index < -0.39 is 17.5 Å². The summed E-state index contributed by atoms with van der Waals surface area (Å²) in [6, 6.07) is 0. The number of carboxylic acid groups (broad SMARTS) is 1. The van der Waals surface area contributed by atoms with Crippen LogP contribution in [0.3, 0.4) is 0 Å². The fourth-order valence-corrected chi connectivity index (χ4v) is 2.98. The third kappa shape index (κ3) is 5.73. The maximum atomic E-state index is 12.1. The molecule has 0 aromatic heterocycles. The van der Waals surface area contributed by atoms with Gasteiger partial charge in [-0.25, -0.2) is 4.79 Å². The number of carbonyl (C=O) groups is 3. The SMILES string of the molecule is CNC(=O)CC(C(=O)O)C1CCN(C(=O)OC(C)(C)C)CC1C. The van der Waals surface area contributed by atoms with Gasteiger partial charge in [0, 0.05) is 26.6 Å². The first kappa shape index (κ1) is 19.3. The Hall–Kier alpha value is -1.79. The molecule has 1 saturated heterocycles.